The molecule has 4 N–H and O–H groups in total. The van der Waals surface area contributed by atoms with Gasteiger partial charge in [0.05, 0.1) is 17.8 Å². The van der Waals surface area contributed by atoms with Crippen molar-refractivity contribution >= 4 is 34.5 Å². The van der Waals surface area contributed by atoms with E-state index >= 15 is 0 Å². The number of hydrazine groups is 1. The van der Waals surface area contributed by atoms with Crippen molar-refractivity contribution in [1.29, 1.82) is 0 Å². The second-order valence-corrected chi connectivity index (χ2v) is 5.48. The highest BCUT2D eigenvalue weighted by Crippen LogP contribution is 2.20. The summed E-state index contributed by atoms with van der Waals surface area (Å²) in [5, 5.41) is 5.36. The van der Waals surface area contributed by atoms with E-state index in [0.29, 0.717) is 22.8 Å². The number of nitrogens with two attached hydrogens (primary N) is 1. The first kappa shape index (κ1) is 13.9. The number of hydrogen-bond donors (Lipinski definition) is 3. The lowest BCUT2D eigenvalue weighted by Crippen LogP contribution is -2.24. The predicted molar refractivity (Wildman–Crippen MR) is 79.5 cm³/mol. The lowest BCUT2D eigenvalue weighted by Gasteiger charge is -2.10. The molecule has 1 amide bonds. The molecule has 19 heavy (non-hydrogen) atoms. The van der Waals surface area contributed by atoms with Crippen LogP contribution >= 0.6 is 22.9 Å². The second-order valence-electron chi connectivity index (χ2n) is 4.04. The fourth-order valence-corrected chi connectivity index (χ4v) is 2.69. The molecule has 0 aliphatic heterocycles. The van der Waals surface area contributed by atoms with Crippen LogP contribution < -0.4 is 16.6 Å². The maximum atomic E-state index is 12.1. The summed E-state index contributed by atoms with van der Waals surface area (Å²) in [5.74, 6) is 5.18. The van der Waals surface area contributed by atoms with Gasteiger partial charge in [-0.25, -0.2) is 0 Å². The summed E-state index contributed by atoms with van der Waals surface area (Å²) in [6.45, 7) is 2.52. The Morgan fingerprint density at radius 3 is 2.84 bits per heavy atom. The van der Waals surface area contributed by atoms with E-state index in [2.05, 4.69) is 10.7 Å². The summed E-state index contributed by atoms with van der Waals surface area (Å²) in [5.41, 5.74) is 4.65. The normalized spacial score (nSPS) is 10.3. The Hall–Kier alpha value is -1.56. The molecular formula is C13H14ClN3OS. The fraction of sp³-hybridized carbons (Fsp3) is 0.154. The zero-order valence-electron chi connectivity index (χ0n) is 10.4. The van der Waals surface area contributed by atoms with Gasteiger partial charge in [0, 0.05) is 9.90 Å². The summed E-state index contributed by atoms with van der Waals surface area (Å²) in [6.07, 6.45) is 0. The van der Waals surface area contributed by atoms with E-state index in [9.17, 15) is 4.79 Å². The zero-order valence-corrected chi connectivity index (χ0v) is 11.9. The van der Waals surface area contributed by atoms with Crippen LogP contribution in [-0.2, 0) is 6.54 Å². The van der Waals surface area contributed by atoms with Crippen molar-refractivity contribution in [3.63, 3.8) is 0 Å². The number of nitrogens with one attached hydrogen (secondary N) is 2. The number of aryl methyl sites for hydroxylation is 1. The first-order chi connectivity index (χ1) is 9.11. The van der Waals surface area contributed by atoms with Crippen LogP contribution in [0.5, 0.6) is 0 Å². The summed E-state index contributed by atoms with van der Waals surface area (Å²) in [6, 6.07) is 6.97. The minimum absolute atomic E-state index is 0.205. The summed E-state index contributed by atoms with van der Waals surface area (Å²) >= 11 is 7.51. The predicted octanol–water partition coefficient (Wildman–Crippen LogP) is 2.93. The van der Waals surface area contributed by atoms with Crippen LogP contribution in [0, 0.1) is 6.92 Å². The van der Waals surface area contributed by atoms with Crippen LogP contribution in [0.25, 0.3) is 0 Å². The third-order valence-corrected chi connectivity index (χ3v) is 4.02. The molecule has 0 unspecified atom stereocenters. The minimum Gasteiger partial charge on any atom is -0.347 e. The van der Waals surface area contributed by atoms with Crippen molar-refractivity contribution in [2.45, 2.75) is 13.5 Å². The molecule has 0 bridgehead atoms. The minimum atomic E-state index is -0.205. The third-order valence-electron chi connectivity index (χ3n) is 2.76. The molecule has 0 spiro atoms. The third kappa shape index (κ3) is 3.26. The molecule has 1 aromatic carbocycles. The van der Waals surface area contributed by atoms with Crippen LogP contribution in [0.1, 0.15) is 20.8 Å². The number of carbonyl (C=O) groups is 1. The lowest BCUT2D eigenvalue weighted by molar-refractivity contribution is 0.0952. The van der Waals surface area contributed by atoms with Gasteiger partial charge >= 0.3 is 0 Å². The molecule has 0 fully saturated rings. The number of hydrogen-bond acceptors (Lipinski definition) is 4. The first-order valence-corrected chi connectivity index (χ1v) is 6.95. The number of halogens is 1. The van der Waals surface area contributed by atoms with Crippen LogP contribution in [-0.4, -0.2) is 5.91 Å². The SMILES string of the molecule is Cc1ccsc1CNC(=O)c1cc(Cl)ccc1NN. The Bertz CT molecular complexity index is 597. The molecule has 0 saturated carbocycles. The number of anilines is 1. The molecule has 0 radical (unpaired) electrons. The topological polar surface area (TPSA) is 67.2 Å². The van der Waals surface area contributed by atoms with Crippen LogP contribution in [0.15, 0.2) is 29.6 Å². The van der Waals surface area contributed by atoms with Crippen molar-refractivity contribution in [3.8, 4) is 0 Å². The van der Waals surface area contributed by atoms with E-state index in [4.69, 9.17) is 17.4 Å². The van der Waals surface area contributed by atoms with Gasteiger partial charge in [-0.1, -0.05) is 11.6 Å². The number of amides is 1. The van der Waals surface area contributed by atoms with Crippen molar-refractivity contribution in [2.75, 3.05) is 5.43 Å². The van der Waals surface area contributed by atoms with Crippen molar-refractivity contribution in [2.24, 2.45) is 5.84 Å². The van der Waals surface area contributed by atoms with Crippen molar-refractivity contribution in [1.82, 2.24) is 5.32 Å². The number of nitrogen functional groups attached to an aromatic ring is 1. The van der Waals surface area contributed by atoms with Crippen LogP contribution in [0.2, 0.25) is 5.02 Å². The Labute approximate surface area is 120 Å². The Balaban J connectivity index is 2.12. The Kier molecular flexibility index (Phi) is 4.42. The van der Waals surface area contributed by atoms with E-state index in [1.807, 2.05) is 18.4 Å². The van der Waals surface area contributed by atoms with Gasteiger partial charge in [-0.3, -0.25) is 10.6 Å². The van der Waals surface area contributed by atoms with Crippen molar-refractivity contribution in [3.05, 3.63) is 50.7 Å². The molecule has 1 aromatic heterocycles. The fourth-order valence-electron chi connectivity index (χ4n) is 1.67. The molecule has 100 valence electrons. The van der Waals surface area contributed by atoms with Gasteiger partial charge in [-0.2, -0.15) is 0 Å². The Morgan fingerprint density at radius 2 is 2.21 bits per heavy atom. The van der Waals surface area contributed by atoms with Gasteiger partial charge in [0.15, 0.2) is 0 Å². The molecule has 4 nitrogen and oxygen atoms in total. The first-order valence-electron chi connectivity index (χ1n) is 5.69. The highest BCUT2D eigenvalue weighted by atomic mass is 35.5. The van der Waals surface area contributed by atoms with E-state index < -0.39 is 0 Å². The van der Waals surface area contributed by atoms with Gasteiger partial charge < -0.3 is 10.7 Å². The van der Waals surface area contributed by atoms with Crippen LogP contribution in [0.3, 0.4) is 0 Å². The average molecular weight is 296 g/mol. The second kappa shape index (κ2) is 6.06. The molecule has 2 rings (SSSR count). The Morgan fingerprint density at radius 1 is 1.42 bits per heavy atom. The average Bonchev–Trinajstić information content (AvgIpc) is 2.81. The molecule has 1 heterocycles. The summed E-state index contributed by atoms with van der Waals surface area (Å²) in [4.78, 5) is 13.3. The maximum Gasteiger partial charge on any atom is 0.253 e. The van der Waals surface area contributed by atoms with Gasteiger partial charge in [0.1, 0.15) is 0 Å². The smallest absolute Gasteiger partial charge is 0.253 e. The van der Waals surface area contributed by atoms with E-state index in [-0.39, 0.29) is 5.91 Å². The van der Waals surface area contributed by atoms with Gasteiger partial charge in [0.2, 0.25) is 0 Å². The molecule has 0 saturated heterocycles. The molecule has 2 aromatic rings. The van der Waals surface area contributed by atoms with Crippen LogP contribution in [0.4, 0.5) is 5.69 Å². The number of thiophene rings is 1. The highest BCUT2D eigenvalue weighted by molar-refractivity contribution is 7.10. The lowest BCUT2D eigenvalue weighted by atomic mass is 10.1. The highest BCUT2D eigenvalue weighted by Gasteiger charge is 2.12. The number of benzene rings is 1. The molecule has 6 heteroatoms. The molecular weight excluding hydrogens is 282 g/mol. The monoisotopic (exact) mass is 295 g/mol. The van der Waals surface area contributed by atoms with Gasteiger partial charge in [0.25, 0.3) is 5.91 Å². The molecule has 0 atom stereocenters. The van der Waals surface area contributed by atoms with E-state index in [1.165, 1.54) is 5.56 Å². The molecule has 0 aliphatic rings. The number of carbonyl (C=O) groups excluding carboxylic acids is 1. The maximum absolute atomic E-state index is 12.1. The summed E-state index contributed by atoms with van der Waals surface area (Å²) in [7, 11) is 0. The number of rotatable bonds is 4. The quantitative estimate of drug-likeness (QED) is 0.600. The van der Waals surface area contributed by atoms with Gasteiger partial charge in [-0.15, -0.1) is 11.3 Å². The molecule has 0 aliphatic carbocycles. The van der Waals surface area contributed by atoms with E-state index in [0.717, 1.165) is 4.88 Å². The largest absolute Gasteiger partial charge is 0.347 e. The standard InChI is InChI=1S/C13H14ClN3OS/c1-8-4-5-19-12(8)7-16-13(18)10-6-9(14)2-3-11(10)17-15/h2-6,17H,7,15H2,1H3,(H,16,18). The summed E-state index contributed by atoms with van der Waals surface area (Å²) < 4.78 is 0. The van der Waals surface area contributed by atoms with Gasteiger partial charge in [-0.05, 0) is 42.1 Å². The van der Waals surface area contributed by atoms with Crippen molar-refractivity contribution < 1.29 is 4.79 Å². The van der Waals surface area contributed by atoms with E-state index in [1.54, 1.807) is 29.5 Å². The zero-order chi connectivity index (χ0) is 13.8.